The zero-order valence-electron chi connectivity index (χ0n) is 27.0. The van der Waals surface area contributed by atoms with Crippen molar-refractivity contribution in [2.45, 2.75) is 155 Å². The molecule has 0 saturated heterocycles. The van der Waals surface area contributed by atoms with Gasteiger partial charge in [0, 0.05) is 6.42 Å². The van der Waals surface area contributed by atoms with Crippen LogP contribution in [0.15, 0.2) is 66.9 Å². The molecule has 0 N–H and O–H groups in total. The van der Waals surface area contributed by atoms with Gasteiger partial charge in [0.2, 0.25) is 0 Å². The van der Waals surface area contributed by atoms with E-state index in [9.17, 15) is 0 Å². The van der Waals surface area contributed by atoms with Gasteiger partial charge in [-0.05, 0) is 36.3 Å². The molecule has 0 aliphatic heterocycles. The summed E-state index contributed by atoms with van der Waals surface area (Å²) in [5.74, 6) is 2.01. The van der Waals surface area contributed by atoms with Crippen LogP contribution in [0.2, 0.25) is 0 Å². The van der Waals surface area contributed by atoms with E-state index in [2.05, 4.69) is 96.8 Å². The Balaban J connectivity index is 1.53. The zero-order valence-corrected chi connectivity index (χ0v) is 27.0. The molecule has 226 valence electrons. The highest BCUT2D eigenvalue weighted by molar-refractivity contribution is 5.21. The molecule has 1 unspecified atom stereocenters. The van der Waals surface area contributed by atoms with E-state index >= 15 is 0 Å². The molecule has 0 radical (unpaired) electrons. The summed E-state index contributed by atoms with van der Waals surface area (Å²) in [6.07, 6.45) is 26.9. The Morgan fingerprint density at radius 3 is 1.68 bits per heavy atom. The number of aromatic nitrogens is 2. The van der Waals surface area contributed by atoms with Crippen molar-refractivity contribution < 1.29 is 4.57 Å². The summed E-state index contributed by atoms with van der Waals surface area (Å²) in [7, 11) is 0. The van der Waals surface area contributed by atoms with Gasteiger partial charge in [0.25, 0.3) is 5.82 Å². The van der Waals surface area contributed by atoms with Crippen molar-refractivity contribution in [3.05, 3.63) is 89.5 Å². The summed E-state index contributed by atoms with van der Waals surface area (Å²) in [6.45, 7) is 9.28. The minimum Gasteiger partial charge on any atom is -0.234 e. The van der Waals surface area contributed by atoms with Crippen LogP contribution in [0.4, 0.5) is 0 Å². The number of aryl methyl sites for hydroxylation is 1. The lowest BCUT2D eigenvalue weighted by molar-refractivity contribution is -0.710. The van der Waals surface area contributed by atoms with Gasteiger partial charge in [-0.3, -0.25) is 0 Å². The molecule has 41 heavy (non-hydrogen) atoms. The minimum absolute atomic E-state index is 0.519. The molecule has 0 aliphatic rings. The van der Waals surface area contributed by atoms with Crippen molar-refractivity contribution in [3.63, 3.8) is 0 Å². The molecular formula is C39H61N2+. The highest BCUT2D eigenvalue weighted by atomic mass is 15.2. The maximum Gasteiger partial charge on any atom is 0.261 e. The van der Waals surface area contributed by atoms with E-state index in [4.69, 9.17) is 0 Å². The second-order valence-corrected chi connectivity index (χ2v) is 12.5. The summed E-state index contributed by atoms with van der Waals surface area (Å²) in [5.41, 5.74) is 4.37. The van der Waals surface area contributed by atoms with Crippen LogP contribution in [0.25, 0.3) is 0 Å². The van der Waals surface area contributed by atoms with E-state index in [1.54, 1.807) is 0 Å². The molecule has 0 aliphatic carbocycles. The van der Waals surface area contributed by atoms with Gasteiger partial charge in [-0.15, -0.1) is 0 Å². The summed E-state index contributed by atoms with van der Waals surface area (Å²) in [5, 5.41) is 0. The fourth-order valence-corrected chi connectivity index (χ4v) is 6.26. The van der Waals surface area contributed by atoms with Crippen molar-refractivity contribution in [1.82, 2.24) is 4.57 Å². The van der Waals surface area contributed by atoms with E-state index < -0.39 is 0 Å². The van der Waals surface area contributed by atoms with E-state index in [0.29, 0.717) is 5.92 Å². The van der Waals surface area contributed by atoms with Gasteiger partial charge in [-0.25, -0.2) is 9.13 Å². The molecule has 1 atom stereocenters. The molecule has 0 fully saturated rings. The number of rotatable bonds is 23. The SMILES string of the molecule is CCCCCCCCCCCCCCCCn1cc(CC(C)c2ccccc2)[n+](CCCC)c1Cc1ccccc1. The molecule has 1 heterocycles. The standard InChI is InChI=1S/C39H61N2/c1-4-6-8-9-10-11-12-13-14-15-16-17-18-25-30-40-34-38(32-35(3)37-28-23-20-24-29-37)41(31-7-5-2)39(40)33-36-26-21-19-22-27-36/h19-24,26-29,34-35H,4-18,25,30-33H2,1-3H3/q+1. The number of imidazole rings is 1. The normalized spacial score (nSPS) is 12.2. The second-order valence-electron chi connectivity index (χ2n) is 12.5. The fourth-order valence-electron chi connectivity index (χ4n) is 6.26. The van der Waals surface area contributed by atoms with Crippen LogP contribution in [0.1, 0.15) is 152 Å². The highest BCUT2D eigenvalue weighted by Gasteiger charge is 2.24. The summed E-state index contributed by atoms with van der Waals surface area (Å²) >= 11 is 0. The Kier molecular flexibility index (Phi) is 16.6. The minimum atomic E-state index is 0.519. The van der Waals surface area contributed by atoms with E-state index in [1.165, 1.54) is 125 Å². The first-order valence-electron chi connectivity index (χ1n) is 17.4. The molecule has 0 saturated carbocycles. The predicted molar refractivity (Wildman–Crippen MR) is 178 cm³/mol. The molecule has 1 aromatic heterocycles. The zero-order chi connectivity index (χ0) is 29.0. The lowest BCUT2D eigenvalue weighted by atomic mass is 9.96. The molecular weight excluding hydrogens is 496 g/mol. The van der Waals surface area contributed by atoms with Gasteiger partial charge in [-0.1, -0.05) is 165 Å². The molecule has 0 spiro atoms. The lowest BCUT2D eigenvalue weighted by Gasteiger charge is -2.11. The van der Waals surface area contributed by atoms with Crippen molar-refractivity contribution in [1.29, 1.82) is 0 Å². The smallest absolute Gasteiger partial charge is 0.234 e. The Morgan fingerprint density at radius 1 is 0.610 bits per heavy atom. The third-order valence-electron chi connectivity index (χ3n) is 8.87. The summed E-state index contributed by atoms with van der Waals surface area (Å²) < 4.78 is 5.30. The Morgan fingerprint density at radius 2 is 1.12 bits per heavy atom. The maximum atomic E-state index is 2.68. The van der Waals surface area contributed by atoms with Crippen LogP contribution in [-0.2, 0) is 25.9 Å². The average molecular weight is 558 g/mol. The summed E-state index contributed by atoms with van der Waals surface area (Å²) in [4.78, 5) is 0. The molecule has 2 aromatic carbocycles. The summed E-state index contributed by atoms with van der Waals surface area (Å²) in [6, 6.07) is 22.2. The monoisotopic (exact) mass is 557 g/mol. The molecule has 3 aromatic rings. The third kappa shape index (κ3) is 12.6. The third-order valence-corrected chi connectivity index (χ3v) is 8.87. The van der Waals surface area contributed by atoms with E-state index in [1.807, 2.05) is 0 Å². The highest BCUT2D eigenvalue weighted by Crippen LogP contribution is 2.21. The Bertz CT molecular complexity index is 1040. The van der Waals surface area contributed by atoms with E-state index in [-0.39, 0.29) is 0 Å². The van der Waals surface area contributed by atoms with Crippen LogP contribution < -0.4 is 4.57 Å². The van der Waals surface area contributed by atoms with Crippen LogP contribution >= 0.6 is 0 Å². The van der Waals surface area contributed by atoms with E-state index in [0.717, 1.165) is 25.9 Å². The maximum absolute atomic E-state index is 2.68. The topological polar surface area (TPSA) is 8.81 Å². The van der Waals surface area contributed by atoms with Crippen molar-refractivity contribution in [2.75, 3.05) is 0 Å². The largest absolute Gasteiger partial charge is 0.261 e. The number of unbranched alkanes of at least 4 members (excludes halogenated alkanes) is 14. The molecule has 2 heteroatoms. The Labute approximate surface area is 253 Å². The Hall–Kier alpha value is -2.35. The van der Waals surface area contributed by atoms with Crippen LogP contribution in [0, 0.1) is 0 Å². The van der Waals surface area contributed by atoms with Gasteiger partial charge in [0.1, 0.15) is 11.9 Å². The molecule has 3 rings (SSSR count). The second kappa shape index (κ2) is 20.5. The molecule has 0 amide bonds. The van der Waals surface area contributed by atoms with Crippen molar-refractivity contribution in [2.24, 2.45) is 0 Å². The van der Waals surface area contributed by atoms with Gasteiger partial charge in [0.15, 0.2) is 0 Å². The first-order chi connectivity index (χ1) is 20.2. The van der Waals surface area contributed by atoms with Gasteiger partial charge in [0.05, 0.1) is 19.5 Å². The van der Waals surface area contributed by atoms with Crippen molar-refractivity contribution >= 4 is 0 Å². The average Bonchev–Trinajstić information content (AvgIpc) is 3.31. The van der Waals surface area contributed by atoms with Crippen LogP contribution in [0.3, 0.4) is 0 Å². The van der Waals surface area contributed by atoms with Crippen LogP contribution in [0.5, 0.6) is 0 Å². The number of hydrogen-bond donors (Lipinski definition) is 0. The van der Waals surface area contributed by atoms with Crippen LogP contribution in [-0.4, -0.2) is 4.57 Å². The van der Waals surface area contributed by atoms with Gasteiger partial charge < -0.3 is 0 Å². The van der Waals surface area contributed by atoms with Gasteiger partial charge >= 0.3 is 0 Å². The fraction of sp³-hybridized carbons (Fsp3) is 0.615. The first-order valence-corrected chi connectivity index (χ1v) is 17.4. The lowest BCUT2D eigenvalue weighted by Crippen LogP contribution is -2.41. The molecule has 0 bridgehead atoms. The number of nitrogens with zero attached hydrogens (tertiary/aromatic N) is 2. The predicted octanol–water partition coefficient (Wildman–Crippen LogP) is 11.0. The molecule has 2 nitrogen and oxygen atoms in total. The van der Waals surface area contributed by atoms with Crippen molar-refractivity contribution in [3.8, 4) is 0 Å². The van der Waals surface area contributed by atoms with Gasteiger partial charge in [-0.2, -0.15) is 0 Å². The number of hydrogen-bond acceptors (Lipinski definition) is 0. The quantitative estimate of drug-likeness (QED) is 0.0810. The first kappa shape index (κ1) is 33.2. The number of benzene rings is 2.